The molecule has 1 aromatic carbocycles. The monoisotopic (exact) mass is 369 g/mol. The number of carbonyl (C=O) groups excluding carboxylic acids is 1. The van der Waals surface area contributed by atoms with Crippen molar-refractivity contribution in [2.24, 2.45) is 5.92 Å². The summed E-state index contributed by atoms with van der Waals surface area (Å²) in [5, 5.41) is 3.16. The number of amides is 2. The zero-order valence-electron chi connectivity index (χ0n) is 16.3. The van der Waals surface area contributed by atoms with Gasteiger partial charge in [0.05, 0.1) is 23.4 Å². The maximum Gasteiger partial charge on any atom is 0.317 e. The van der Waals surface area contributed by atoms with E-state index in [0.29, 0.717) is 6.04 Å². The van der Waals surface area contributed by atoms with E-state index in [9.17, 15) is 4.79 Å². The maximum absolute atomic E-state index is 12.7. The van der Waals surface area contributed by atoms with Gasteiger partial charge in [0.15, 0.2) is 0 Å². The number of hydrogen-bond acceptors (Lipinski definition) is 3. The number of imidazole rings is 1. The highest BCUT2D eigenvalue weighted by Crippen LogP contribution is 2.25. The number of hydrogen-bond donors (Lipinski definition) is 1. The second-order valence-corrected chi connectivity index (χ2v) is 8.17. The van der Waals surface area contributed by atoms with Gasteiger partial charge in [-0.05, 0) is 63.7 Å². The quantitative estimate of drug-likeness (QED) is 0.901. The highest BCUT2D eigenvalue weighted by molar-refractivity contribution is 5.76. The smallest absolute Gasteiger partial charge is 0.317 e. The first kappa shape index (κ1) is 18.3. The van der Waals surface area contributed by atoms with Crippen LogP contribution in [0.1, 0.15) is 38.1 Å². The van der Waals surface area contributed by atoms with E-state index >= 15 is 0 Å². The largest absolute Gasteiger partial charge is 0.338 e. The first-order valence-corrected chi connectivity index (χ1v) is 10.3. The second kappa shape index (κ2) is 8.30. The number of aromatic nitrogens is 2. The molecule has 2 aromatic rings. The summed E-state index contributed by atoms with van der Waals surface area (Å²) in [6.07, 6.45) is 7.72. The fourth-order valence-electron chi connectivity index (χ4n) is 4.64. The number of likely N-dealkylation sites (tertiary alicyclic amines) is 2. The summed E-state index contributed by atoms with van der Waals surface area (Å²) in [4.78, 5) is 21.6. The molecule has 6 nitrogen and oxygen atoms in total. The number of carbonyl (C=O) groups is 1. The Morgan fingerprint density at radius 1 is 1.19 bits per heavy atom. The van der Waals surface area contributed by atoms with Gasteiger partial charge in [-0.2, -0.15) is 0 Å². The predicted molar refractivity (Wildman–Crippen MR) is 108 cm³/mol. The molecule has 2 unspecified atom stereocenters. The highest BCUT2D eigenvalue weighted by Gasteiger charge is 2.26. The summed E-state index contributed by atoms with van der Waals surface area (Å²) in [6.45, 7) is 4.77. The molecule has 2 aliphatic rings. The van der Waals surface area contributed by atoms with E-state index in [1.165, 1.54) is 19.4 Å². The lowest BCUT2D eigenvalue weighted by Gasteiger charge is -2.34. The zero-order valence-corrected chi connectivity index (χ0v) is 16.3. The Morgan fingerprint density at radius 2 is 2.04 bits per heavy atom. The topological polar surface area (TPSA) is 53.4 Å². The molecular formula is C21H31N5O. The van der Waals surface area contributed by atoms with Gasteiger partial charge in [0.25, 0.3) is 0 Å². The van der Waals surface area contributed by atoms with Crippen molar-refractivity contribution in [2.45, 2.75) is 38.1 Å². The van der Waals surface area contributed by atoms with Crippen LogP contribution in [-0.4, -0.2) is 65.2 Å². The molecule has 2 saturated heterocycles. The van der Waals surface area contributed by atoms with E-state index in [0.717, 1.165) is 62.4 Å². The lowest BCUT2D eigenvalue weighted by atomic mass is 9.95. The molecule has 2 fully saturated rings. The minimum Gasteiger partial charge on any atom is -0.338 e. The summed E-state index contributed by atoms with van der Waals surface area (Å²) < 4.78 is 2.24. The maximum atomic E-state index is 12.7. The first-order valence-electron chi connectivity index (χ1n) is 10.3. The van der Waals surface area contributed by atoms with Crippen LogP contribution in [0.4, 0.5) is 4.79 Å². The third kappa shape index (κ3) is 4.26. The fraction of sp³-hybridized carbons (Fsp3) is 0.619. The lowest BCUT2D eigenvalue weighted by molar-refractivity contribution is 0.165. The molecule has 1 N–H and O–H groups in total. The number of nitrogens with one attached hydrogen (secondary N) is 1. The van der Waals surface area contributed by atoms with Gasteiger partial charge in [0, 0.05) is 26.2 Å². The SMILES string of the molecule is CN1CCCC(CCNC(=O)N2CCCC(n3cnc4ccccc43)C2)C1. The van der Waals surface area contributed by atoms with Crippen LogP contribution < -0.4 is 5.32 Å². The lowest BCUT2D eigenvalue weighted by Crippen LogP contribution is -2.46. The van der Waals surface area contributed by atoms with Crippen molar-refractivity contribution in [3.05, 3.63) is 30.6 Å². The van der Waals surface area contributed by atoms with E-state index in [4.69, 9.17) is 0 Å². The molecule has 0 spiro atoms. The van der Waals surface area contributed by atoms with Crippen molar-refractivity contribution < 1.29 is 4.79 Å². The Hall–Kier alpha value is -2.08. The van der Waals surface area contributed by atoms with Crippen LogP contribution in [0.15, 0.2) is 30.6 Å². The normalized spacial score (nSPS) is 24.3. The van der Waals surface area contributed by atoms with Crippen molar-refractivity contribution >= 4 is 17.1 Å². The molecule has 2 atom stereocenters. The number of nitrogens with zero attached hydrogens (tertiary/aromatic N) is 4. The van der Waals surface area contributed by atoms with Crippen LogP contribution in [0.25, 0.3) is 11.0 Å². The molecule has 3 heterocycles. The van der Waals surface area contributed by atoms with Crippen LogP contribution in [0, 0.1) is 5.92 Å². The molecule has 0 radical (unpaired) electrons. The molecule has 1 aromatic heterocycles. The van der Waals surface area contributed by atoms with Gasteiger partial charge in [-0.3, -0.25) is 0 Å². The van der Waals surface area contributed by atoms with Crippen LogP contribution in [-0.2, 0) is 0 Å². The van der Waals surface area contributed by atoms with Crippen LogP contribution in [0.5, 0.6) is 0 Å². The first-order chi connectivity index (χ1) is 13.2. The van der Waals surface area contributed by atoms with Crippen LogP contribution >= 0.6 is 0 Å². The number of urea groups is 1. The molecule has 2 aliphatic heterocycles. The Bertz CT molecular complexity index is 773. The van der Waals surface area contributed by atoms with E-state index in [1.807, 2.05) is 23.4 Å². The Balaban J connectivity index is 1.30. The summed E-state index contributed by atoms with van der Waals surface area (Å²) in [5.41, 5.74) is 2.18. The standard InChI is InChI=1S/C21H31N5O/c1-24-12-4-6-17(14-24)10-11-22-21(27)25-13-5-7-18(15-25)26-16-23-19-8-2-3-9-20(19)26/h2-3,8-9,16-18H,4-7,10-15H2,1H3,(H,22,27). The number of fused-ring (bicyclic) bond motifs is 1. The summed E-state index contributed by atoms with van der Waals surface area (Å²) >= 11 is 0. The summed E-state index contributed by atoms with van der Waals surface area (Å²) in [5.74, 6) is 0.718. The van der Waals surface area contributed by atoms with Gasteiger partial charge < -0.3 is 19.7 Å². The van der Waals surface area contributed by atoms with E-state index < -0.39 is 0 Å². The van der Waals surface area contributed by atoms with Gasteiger partial charge in [0.1, 0.15) is 0 Å². The van der Waals surface area contributed by atoms with Crippen molar-refractivity contribution in [2.75, 3.05) is 39.8 Å². The van der Waals surface area contributed by atoms with Crippen molar-refractivity contribution in [3.8, 4) is 0 Å². The average Bonchev–Trinajstić information content (AvgIpc) is 3.12. The number of para-hydroxylation sites is 2. The number of benzene rings is 1. The summed E-state index contributed by atoms with van der Waals surface area (Å²) in [7, 11) is 2.19. The molecule has 27 heavy (non-hydrogen) atoms. The van der Waals surface area contributed by atoms with Gasteiger partial charge >= 0.3 is 6.03 Å². The Morgan fingerprint density at radius 3 is 2.93 bits per heavy atom. The fourth-order valence-corrected chi connectivity index (χ4v) is 4.64. The molecule has 0 bridgehead atoms. The second-order valence-electron chi connectivity index (χ2n) is 8.17. The highest BCUT2D eigenvalue weighted by atomic mass is 16.2. The zero-order chi connectivity index (χ0) is 18.6. The molecule has 146 valence electrons. The minimum atomic E-state index is 0.0910. The van der Waals surface area contributed by atoms with Crippen LogP contribution in [0.2, 0.25) is 0 Å². The van der Waals surface area contributed by atoms with Crippen molar-refractivity contribution in [1.29, 1.82) is 0 Å². The third-order valence-corrected chi connectivity index (χ3v) is 6.11. The van der Waals surface area contributed by atoms with Crippen LogP contribution in [0.3, 0.4) is 0 Å². The Labute approximate surface area is 161 Å². The van der Waals surface area contributed by atoms with E-state index in [2.05, 4.69) is 38.9 Å². The van der Waals surface area contributed by atoms with Gasteiger partial charge in [0.2, 0.25) is 0 Å². The van der Waals surface area contributed by atoms with Gasteiger partial charge in [-0.1, -0.05) is 12.1 Å². The predicted octanol–water partition coefficient (Wildman–Crippen LogP) is 3.11. The number of piperidine rings is 2. The molecule has 0 saturated carbocycles. The van der Waals surface area contributed by atoms with Crippen molar-refractivity contribution in [3.63, 3.8) is 0 Å². The molecule has 6 heteroatoms. The number of rotatable bonds is 4. The molecule has 0 aliphatic carbocycles. The molecule has 4 rings (SSSR count). The average molecular weight is 370 g/mol. The van der Waals surface area contributed by atoms with E-state index in [1.54, 1.807) is 0 Å². The minimum absolute atomic E-state index is 0.0910. The van der Waals surface area contributed by atoms with Crippen molar-refractivity contribution in [1.82, 2.24) is 24.7 Å². The molecular weight excluding hydrogens is 338 g/mol. The molecule has 2 amide bonds. The Kier molecular flexibility index (Phi) is 5.62. The van der Waals surface area contributed by atoms with Gasteiger partial charge in [-0.25, -0.2) is 9.78 Å². The third-order valence-electron chi connectivity index (χ3n) is 6.11. The van der Waals surface area contributed by atoms with Gasteiger partial charge in [-0.15, -0.1) is 0 Å². The summed E-state index contributed by atoms with van der Waals surface area (Å²) in [6, 6.07) is 8.63. The van der Waals surface area contributed by atoms with E-state index in [-0.39, 0.29) is 6.03 Å².